The van der Waals surface area contributed by atoms with Gasteiger partial charge >= 0.3 is 0 Å². The van der Waals surface area contributed by atoms with E-state index in [0.29, 0.717) is 23.0 Å². The first kappa shape index (κ1) is 21.3. The van der Waals surface area contributed by atoms with E-state index in [1.807, 2.05) is 6.07 Å². The Balaban J connectivity index is 2.04. The molecule has 0 aliphatic rings. The average Bonchev–Trinajstić information content (AvgIpc) is 2.70. The van der Waals surface area contributed by atoms with E-state index >= 15 is 0 Å². The molecule has 2 aromatic carbocycles. The molecule has 1 atom stereocenters. The van der Waals surface area contributed by atoms with Crippen LogP contribution < -0.4 is 14.8 Å². The number of rotatable bonds is 8. The highest BCUT2D eigenvalue weighted by Gasteiger charge is 2.19. The fourth-order valence-electron chi connectivity index (χ4n) is 2.94. The summed E-state index contributed by atoms with van der Waals surface area (Å²) in [5, 5.41) is 12.0. The number of methoxy groups -OCH3 is 1. The van der Waals surface area contributed by atoms with Crippen LogP contribution in [0.3, 0.4) is 0 Å². The van der Waals surface area contributed by atoms with Gasteiger partial charge in [-0.1, -0.05) is 52.0 Å². The summed E-state index contributed by atoms with van der Waals surface area (Å²) < 4.78 is 10.8. The number of nitriles is 1. The third-order valence-corrected chi connectivity index (χ3v) is 4.60. The molecule has 0 fully saturated rings. The number of amides is 1. The van der Waals surface area contributed by atoms with Gasteiger partial charge in [0.1, 0.15) is 0 Å². The van der Waals surface area contributed by atoms with Gasteiger partial charge < -0.3 is 14.8 Å². The SMILES string of the molecule is COc1cc(C#N)ccc1OCC(=O)N[C@@H](c1ccc(C(C)C)cc1)C(C)C. The van der Waals surface area contributed by atoms with Crippen molar-refractivity contribution in [2.24, 2.45) is 5.92 Å². The Labute approximate surface area is 167 Å². The molecule has 5 nitrogen and oxygen atoms in total. The molecule has 5 heteroatoms. The van der Waals surface area contributed by atoms with Gasteiger partial charge in [-0.3, -0.25) is 4.79 Å². The Kier molecular flexibility index (Phi) is 7.45. The molecule has 0 unspecified atom stereocenters. The summed E-state index contributed by atoms with van der Waals surface area (Å²) in [6, 6.07) is 15.2. The summed E-state index contributed by atoms with van der Waals surface area (Å²) in [6.07, 6.45) is 0. The van der Waals surface area contributed by atoms with Gasteiger partial charge in [-0.05, 0) is 35.1 Å². The molecule has 1 amide bonds. The number of hydrogen-bond acceptors (Lipinski definition) is 4. The van der Waals surface area contributed by atoms with Crippen molar-refractivity contribution in [1.82, 2.24) is 5.32 Å². The minimum Gasteiger partial charge on any atom is -0.493 e. The van der Waals surface area contributed by atoms with E-state index < -0.39 is 0 Å². The molecule has 0 spiro atoms. The highest BCUT2D eigenvalue weighted by atomic mass is 16.5. The van der Waals surface area contributed by atoms with Crippen LogP contribution in [0.4, 0.5) is 0 Å². The van der Waals surface area contributed by atoms with Crippen LogP contribution in [0.5, 0.6) is 11.5 Å². The van der Waals surface area contributed by atoms with E-state index in [1.54, 1.807) is 18.2 Å². The number of carbonyl (C=O) groups is 1. The Morgan fingerprint density at radius 2 is 1.68 bits per heavy atom. The Morgan fingerprint density at radius 1 is 1.04 bits per heavy atom. The van der Waals surface area contributed by atoms with Crippen molar-refractivity contribution in [1.29, 1.82) is 5.26 Å². The second kappa shape index (κ2) is 9.80. The second-order valence-electron chi connectivity index (χ2n) is 7.38. The molecular formula is C23H28N2O3. The summed E-state index contributed by atoms with van der Waals surface area (Å²) in [5.74, 6) is 1.35. The number of benzene rings is 2. The molecule has 148 valence electrons. The zero-order valence-corrected chi connectivity index (χ0v) is 17.2. The third-order valence-electron chi connectivity index (χ3n) is 4.60. The van der Waals surface area contributed by atoms with Gasteiger partial charge in [0.15, 0.2) is 18.1 Å². The normalized spacial score (nSPS) is 11.8. The van der Waals surface area contributed by atoms with Crippen LogP contribution in [0.15, 0.2) is 42.5 Å². The molecule has 0 aliphatic heterocycles. The summed E-state index contributed by atoms with van der Waals surface area (Å²) in [4.78, 5) is 12.5. The van der Waals surface area contributed by atoms with Crippen LogP contribution >= 0.6 is 0 Å². The maximum atomic E-state index is 12.5. The minimum absolute atomic E-state index is 0.0971. The highest BCUT2D eigenvalue weighted by molar-refractivity contribution is 5.78. The topological polar surface area (TPSA) is 71.3 Å². The zero-order valence-electron chi connectivity index (χ0n) is 17.2. The van der Waals surface area contributed by atoms with Crippen LogP contribution in [0, 0.1) is 17.2 Å². The van der Waals surface area contributed by atoms with Crippen molar-refractivity contribution < 1.29 is 14.3 Å². The van der Waals surface area contributed by atoms with E-state index in [4.69, 9.17) is 14.7 Å². The first-order valence-corrected chi connectivity index (χ1v) is 9.45. The van der Waals surface area contributed by atoms with E-state index in [2.05, 4.69) is 57.3 Å². The van der Waals surface area contributed by atoms with Crippen molar-refractivity contribution in [2.45, 2.75) is 39.7 Å². The van der Waals surface area contributed by atoms with E-state index in [9.17, 15) is 4.79 Å². The largest absolute Gasteiger partial charge is 0.493 e. The number of ether oxygens (including phenoxy) is 2. The molecule has 0 aliphatic carbocycles. The van der Waals surface area contributed by atoms with Gasteiger partial charge in [0.2, 0.25) is 0 Å². The van der Waals surface area contributed by atoms with Crippen molar-refractivity contribution >= 4 is 5.91 Å². The maximum absolute atomic E-state index is 12.5. The van der Waals surface area contributed by atoms with Gasteiger partial charge in [0, 0.05) is 6.07 Å². The Bertz CT molecular complexity index is 836. The van der Waals surface area contributed by atoms with E-state index in [0.717, 1.165) is 5.56 Å². The molecule has 0 heterocycles. The lowest BCUT2D eigenvalue weighted by molar-refractivity contribution is -0.124. The predicted molar refractivity (Wildman–Crippen MR) is 109 cm³/mol. The van der Waals surface area contributed by atoms with Gasteiger partial charge in [0.25, 0.3) is 5.91 Å². The molecule has 0 saturated carbocycles. The lowest BCUT2D eigenvalue weighted by Crippen LogP contribution is -2.35. The Morgan fingerprint density at radius 3 is 2.21 bits per heavy atom. The van der Waals surface area contributed by atoms with Gasteiger partial charge in [-0.2, -0.15) is 5.26 Å². The van der Waals surface area contributed by atoms with Crippen LogP contribution in [-0.4, -0.2) is 19.6 Å². The zero-order chi connectivity index (χ0) is 20.7. The molecule has 0 saturated heterocycles. The quantitative estimate of drug-likeness (QED) is 0.727. The van der Waals surface area contributed by atoms with Crippen molar-refractivity contribution in [3.8, 4) is 17.6 Å². The van der Waals surface area contributed by atoms with Crippen molar-refractivity contribution in [3.05, 3.63) is 59.2 Å². The molecule has 1 N–H and O–H groups in total. The number of nitrogens with zero attached hydrogens (tertiary/aromatic N) is 1. The summed E-state index contributed by atoms with van der Waals surface area (Å²) in [7, 11) is 1.50. The lowest BCUT2D eigenvalue weighted by Gasteiger charge is -2.23. The van der Waals surface area contributed by atoms with E-state index in [1.165, 1.54) is 12.7 Å². The fraction of sp³-hybridized carbons (Fsp3) is 0.391. The summed E-state index contributed by atoms with van der Waals surface area (Å²) >= 11 is 0. The van der Waals surface area contributed by atoms with Crippen LogP contribution in [0.25, 0.3) is 0 Å². The monoisotopic (exact) mass is 380 g/mol. The molecule has 0 bridgehead atoms. The second-order valence-corrected chi connectivity index (χ2v) is 7.38. The van der Waals surface area contributed by atoms with Crippen LogP contribution in [-0.2, 0) is 4.79 Å². The standard InChI is InChI=1S/C23H28N2O3/c1-15(2)18-7-9-19(10-8-18)23(16(3)4)25-22(26)14-28-20-11-6-17(13-24)12-21(20)27-5/h6-12,15-16,23H,14H2,1-5H3,(H,25,26)/t23-/m1/s1. The molecule has 2 rings (SSSR count). The smallest absolute Gasteiger partial charge is 0.258 e. The van der Waals surface area contributed by atoms with Gasteiger partial charge in [-0.15, -0.1) is 0 Å². The number of nitrogens with one attached hydrogen (secondary N) is 1. The summed E-state index contributed by atoms with van der Waals surface area (Å²) in [6.45, 7) is 8.34. The fourth-order valence-corrected chi connectivity index (χ4v) is 2.94. The highest BCUT2D eigenvalue weighted by Crippen LogP contribution is 2.28. The molecule has 0 aromatic heterocycles. The molecule has 2 aromatic rings. The summed E-state index contributed by atoms with van der Waals surface area (Å²) in [5.41, 5.74) is 2.82. The molecule has 0 radical (unpaired) electrons. The average molecular weight is 380 g/mol. The maximum Gasteiger partial charge on any atom is 0.258 e. The first-order chi connectivity index (χ1) is 13.3. The van der Waals surface area contributed by atoms with E-state index in [-0.39, 0.29) is 24.5 Å². The van der Waals surface area contributed by atoms with Crippen molar-refractivity contribution in [3.63, 3.8) is 0 Å². The van der Waals surface area contributed by atoms with Crippen LogP contribution in [0.1, 0.15) is 56.3 Å². The number of hydrogen-bond donors (Lipinski definition) is 1. The van der Waals surface area contributed by atoms with Crippen LogP contribution in [0.2, 0.25) is 0 Å². The Hall–Kier alpha value is -3.00. The van der Waals surface area contributed by atoms with Gasteiger partial charge in [-0.25, -0.2) is 0 Å². The molecule has 28 heavy (non-hydrogen) atoms. The minimum atomic E-state index is -0.210. The van der Waals surface area contributed by atoms with Gasteiger partial charge in [0.05, 0.1) is 24.8 Å². The predicted octanol–water partition coefficient (Wildman–Crippen LogP) is 4.58. The number of carbonyl (C=O) groups excluding carboxylic acids is 1. The first-order valence-electron chi connectivity index (χ1n) is 9.45. The lowest BCUT2D eigenvalue weighted by atomic mass is 9.93. The third kappa shape index (κ3) is 5.50. The molecular weight excluding hydrogens is 352 g/mol. The van der Waals surface area contributed by atoms with Crippen molar-refractivity contribution in [2.75, 3.05) is 13.7 Å².